The van der Waals surface area contributed by atoms with E-state index in [0.717, 1.165) is 40.0 Å². The van der Waals surface area contributed by atoms with Crippen LogP contribution in [0.2, 0.25) is 0 Å². The highest BCUT2D eigenvalue weighted by atomic mass is 14.7. The summed E-state index contributed by atoms with van der Waals surface area (Å²) >= 11 is 0. The summed E-state index contributed by atoms with van der Waals surface area (Å²) in [5, 5.41) is 5.26. The third-order valence-electron chi connectivity index (χ3n) is 9.75. The summed E-state index contributed by atoms with van der Waals surface area (Å²) in [7, 11) is 1.89. The van der Waals surface area contributed by atoms with Crippen molar-refractivity contribution in [1.29, 1.82) is 0 Å². The Morgan fingerprint density at radius 3 is 2.08 bits per heavy atom. The summed E-state index contributed by atoms with van der Waals surface area (Å²) in [6.45, 7) is 8.41. The zero-order chi connectivity index (χ0) is 34.6. The number of allylic oxidation sites excluding steroid dienone is 2. The van der Waals surface area contributed by atoms with Crippen molar-refractivity contribution in [2.45, 2.75) is 34.1 Å². The minimum absolute atomic E-state index is 0.987. The van der Waals surface area contributed by atoms with E-state index in [2.05, 4.69) is 152 Å². The quantitative estimate of drug-likeness (QED) is 0.130. The summed E-state index contributed by atoms with van der Waals surface area (Å²) < 4.78 is 0. The maximum Gasteiger partial charge on any atom is 0.0678 e. The molecule has 0 N–H and O–H groups in total. The second-order valence-corrected chi connectivity index (χ2v) is 12.6. The van der Waals surface area contributed by atoms with Crippen LogP contribution in [-0.4, -0.2) is 17.7 Å². The van der Waals surface area contributed by atoms with Gasteiger partial charge in [-0.2, -0.15) is 0 Å². The van der Waals surface area contributed by atoms with Crippen molar-refractivity contribution in [2.24, 2.45) is 4.99 Å². The van der Waals surface area contributed by atoms with Crippen molar-refractivity contribution >= 4 is 38.9 Å². The molecule has 1 aromatic heterocycles. The first-order valence-electron chi connectivity index (χ1n) is 17.6. The molecule has 0 aliphatic heterocycles. The first kappa shape index (κ1) is 32.7. The molecule has 2 nitrogen and oxygen atoms in total. The molecule has 1 aliphatic rings. The molecule has 7 aromatic rings. The van der Waals surface area contributed by atoms with Gasteiger partial charge in [-0.15, -0.1) is 0 Å². The molecule has 244 valence electrons. The van der Waals surface area contributed by atoms with Gasteiger partial charge in [0.15, 0.2) is 0 Å². The molecule has 0 saturated heterocycles. The van der Waals surface area contributed by atoms with Crippen molar-refractivity contribution in [3.63, 3.8) is 0 Å². The maximum atomic E-state index is 4.86. The lowest BCUT2D eigenvalue weighted by atomic mass is 9.84. The minimum Gasteiger partial charge on any atom is -0.288 e. The molecule has 0 atom stereocenters. The Labute approximate surface area is 296 Å². The summed E-state index contributed by atoms with van der Waals surface area (Å²) in [4.78, 5) is 9.35. The van der Waals surface area contributed by atoms with Gasteiger partial charge in [0.2, 0.25) is 0 Å². The number of aromatic nitrogens is 1. The van der Waals surface area contributed by atoms with Crippen LogP contribution in [0.1, 0.15) is 54.2 Å². The number of hydrogen-bond acceptors (Lipinski definition) is 2. The van der Waals surface area contributed by atoms with Crippen molar-refractivity contribution < 1.29 is 0 Å². The van der Waals surface area contributed by atoms with Crippen molar-refractivity contribution in [1.82, 2.24) is 4.98 Å². The predicted molar refractivity (Wildman–Crippen MR) is 216 cm³/mol. The molecule has 1 heterocycles. The fraction of sp³-hybridized carbons (Fsp3) is 0.125. The van der Waals surface area contributed by atoms with E-state index in [1.807, 2.05) is 39.4 Å². The maximum absolute atomic E-state index is 4.86. The van der Waals surface area contributed by atoms with Crippen LogP contribution in [0.4, 0.5) is 0 Å². The van der Waals surface area contributed by atoms with Crippen LogP contribution in [0.25, 0.3) is 55.4 Å². The van der Waals surface area contributed by atoms with Gasteiger partial charge in [0, 0.05) is 25.0 Å². The topological polar surface area (TPSA) is 25.2 Å². The van der Waals surface area contributed by atoms with Crippen LogP contribution < -0.4 is 0 Å². The third-order valence-corrected chi connectivity index (χ3v) is 9.75. The summed E-state index contributed by atoms with van der Waals surface area (Å²) in [5.41, 5.74) is 15.4. The van der Waals surface area contributed by atoms with Crippen molar-refractivity contribution in [3.8, 4) is 22.3 Å². The molecule has 6 aromatic carbocycles. The van der Waals surface area contributed by atoms with E-state index in [1.165, 1.54) is 60.5 Å². The molecule has 0 radical (unpaired) electrons. The monoisotopic (exact) mass is 646 g/mol. The Kier molecular flexibility index (Phi) is 9.36. The number of aliphatic imine (C=N–C) groups is 1. The lowest BCUT2D eigenvalue weighted by Crippen LogP contribution is -2.07. The molecule has 0 bridgehead atoms. The van der Waals surface area contributed by atoms with Crippen LogP contribution in [0.15, 0.2) is 156 Å². The molecular weight excluding hydrogens is 605 g/mol. The van der Waals surface area contributed by atoms with Crippen LogP contribution in [0.5, 0.6) is 0 Å². The van der Waals surface area contributed by atoms with Crippen molar-refractivity contribution in [3.05, 3.63) is 185 Å². The lowest BCUT2D eigenvalue weighted by Gasteiger charge is -2.20. The Morgan fingerprint density at radius 2 is 1.34 bits per heavy atom. The number of hydrogen-bond donors (Lipinski definition) is 0. The summed E-state index contributed by atoms with van der Waals surface area (Å²) in [6, 6.07) is 46.2. The van der Waals surface area contributed by atoms with Gasteiger partial charge >= 0.3 is 0 Å². The highest BCUT2D eigenvalue weighted by Crippen LogP contribution is 2.41. The van der Waals surface area contributed by atoms with Gasteiger partial charge in [-0.25, -0.2) is 0 Å². The molecule has 0 spiro atoms. The van der Waals surface area contributed by atoms with E-state index < -0.39 is 0 Å². The van der Waals surface area contributed by atoms with Gasteiger partial charge in [0.1, 0.15) is 0 Å². The molecular formula is C48H42N2. The van der Waals surface area contributed by atoms with Gasteiger partial charge < -0.3 is 0 Å². The molecule has 8 rings (SSSR count). The standard InChI is InChI=1S/C46H36N2.C2H6/c1-30-13-7-8-17-38(30)45(31(2)46(47-3)32-14-5-4-6-15-32)37-26-35(25-36(27-37)34-16-12-24-48-29-34)33-22-23-43-41-21-11-20-40(41)39-18-9-10-19-42(39)44(43)28-33;1-2/h4-19,21-29H,20H2,1-3H3;1-2H3/b45-31+,47-46?;. The molecule has 2 heteroatoms. The smallest absolute Gasteiger partial charge is 0.0678 e. The van der Waals surface area contributed by atoms with Crippen LogP contribution in [0, 0.1) is 6.92 Å². The number of rotatable bonds is 6. The highest BCUT2D eigenvalue weighted by Gasteiger charge is 2.20. The Bertz CT molecular complexity index is 2430. The van der Waals surface area contributed by atoms with Gasteiger partial charge in [-0.1, -0.05) is 123 Å². The van der Waals surface area contributed by atoms with Gasteiger partial charge in [-0.05, 0) is 133 Å². The van der Waals surface area contributed by atoms with Crippen LogP contribution >= 0.6 is 0 Å². The van der Waals surface area contributed by atoms with Gasteiger partial charge in [-0.3, -0.25) is 9.98 Å². The number of benzene rings is 6. The fourth-order valence-electron chi connectivity index (χ4n) is 7.47. The average molecular weight is 647 g/mol. The number of fused-ring (bicyclic) bond motifs is 6. The van der Waals surface area contributed by atoms with Crippen molar-refractivity contribution in [2.75, 3.05) is 7.05 Å². The largest absolute Gasteiger partial charge is 0.288 e. The molecule has 0 fully saturated rings. The number of pyridine rings is 1. The Balaban J connectivity index is 0.00000193. The molecule has 0 unspecified atom stereocenters. The van der Waals surface area contributed by atoms with Crippen LogP contribution in [0.3, 0.4) is 0 Å². The van der Waals surface area contributed by atoms with E-state index in [0.29, 0.717) is 0 Å². The molecule has 1 aliphatic carbocycles. The first-order valence-corrected chi connectivity index (χ1v) is 17.6. The minimum atomic E-state index is 0.987. The third kappa shape index (κ3) is 5.99. The Hall–Kier alpha value is -5.86. The zero-order valence-electron chi connectivity index (χ0n) is 29.5. The number of aryl methyl sites for hydroxylation is 1. The normalized spacial score (nSPS) is 12.8. The van der Waals surface area contributed by atoms with E-state index >= 15 is 0 Å². The van der Waals surface area contributed by atoms with E-state index in [1.54, 1.807) is 0 Å². The summed E-state index contributed by atoms with van der Waals surface area (Å²) in [6.07, 6.45) is 9.37. The fourth-order valence-corrected chi connectivity index (χ4v) is 7.47. The second kappa shape index (κ2) is 14.3. The SMILES string of the molecule is CC.CN=C(/C(C)=C(\c1cc(-c2cccnc2)cc(-c2ccc3c4c(c5ccccc5c3c2)CC=C4)c1)c1ccccc1C)c1ccccc1. The second-order valence-electron chi connectivity index (χ2n) is 12.6. The van der Waals surface area contributed by atoms with E-state index in [4.69, 9.17) is 4.99 Å². The molecule has 0 amide bonds. The lowest BCUT2D eigenvalue weighted by molar-refractivity contribution is 1.33. The Morgan fingerprint density at radius 1 is 0.620 bits per heavy atom. The predicted octanol–water partition coefficient (Wildman–Crippen LogP) is 12.6. The van der Waals surface area contributed by atoms with Crippen LogP contribution in [-0.2, 0) is 6.42 Å². The number of nitrogens with zero attached hydrogens (tertiary/aromatic N) is 2. The van der Waals surface area contributed by atoms with Gasteiger partial charge in [0.25, 0.3) is 0 Å². The molecule has 50 heavy (non-hydrogen) atoms. The molecule has 0 saturated carbocycles. The first-order chi connectivity index (χ1) is 24.6. The average Bonchev–Trinajstić information content (AvgIpc) is 3.68. The zero-order valence-corrected chi connectivity index (χ0v) is 29.5. The van der Waals surface area contributed by atoms with E-state index in [-0.39, 0.29) is 0 Å². The summed E-state index contributed by atoms with van der Waals surface area (Å²) in [5.74, 6) is 0. The van der Waals surface area contributed by atoms with Gasteiger partial charge in [0.05, 0.1) is 5.71 Å². The highest BCUT2D eigenvalue weighted by molar-refractivity contribution is 6.18. The van der Waals surface area contributed by atoms with E-state index in [9.17, 15) is 0 Å².